The van der Waals surface area contributed by atoms with Gasteiger partial charge < -0.3 is 15.3 Å². The maximum Gasteiger partial charge on any atom is 0.317 e. The highest BCUT2D eigenvalue weighted by Gasteiger charge is 2.23. The Morgan fingerprint density at radius 2 is 2.17 bits per heavy atom. The largest absolute Gasteiger partial charge is 0.396 e. The molecule has 0 radical (unpaired) electrons. The first kappa shape index (κ1) is 15.9. The normalized spacial score (nSPS) is 18.0. The predicted octanol–water partition coefficient (Wildman–Crippen LogP) is 2.12. The van der Waals surface area contributed by atoms with Gasteiger partial charge in [-0.3, -0.25) is 0 Å². The number of carbonyl (C=O) groups excluding carboxylic acids is 1. The molecule has 1 aliphatic rings. The molecule has 3 rings (SSSR count). The van der Waals surface area contributed by atoms with Gasteiger partial charge in [0.15, 0.2) is 0 Å². The SMILES string of the molecule is O=C(NCc1nnc(-c2ccccc2)s1)N1CCC[C@H](CO)C1. The molecule has 0 unspecified atom stereocenters. The predicted molar refractivity (Wildman–Crippen MR) is 89.0 cm³/mol. The number of nitrogens with zero attached hydrogens (tertiary/aromatic N) is 3. The lowest BCUT2D eigenvalue weighted by molar-refractivity contribution is 0.129. The first-order valence-corrected chi connectivity index (χ1v) is 8.59. The highest BCUT2D eigenvalue weighted by atomic mass is 32.1. The van der Waals surface area contributed by atoms with Crippen LogP contribution in [-0.2, 0) is 6.54 Å². The summed E-state index contributed by atoms with van der Waals surface area (Å²) in [5.41, 5.74) is 1.03. The van der Waals surface area contributed by atoms with E-state index in [2.05, 4.69) is 15.5 Å². The Morgan fingerprint density at radius 1 is 1.35 bits per heavy atom. The number of urea groups is 1. The maximum atomic E-state index is 12.2. The van der Waals surface area contributed by atoms with Crippen LogP contribution in [0, 0.1) is 5.92 Å². The van der Waals surface area contributed by atoms with E-state index in [0.29, 0.717) is 13.1 Å². The number of nitrogens with one attached hydrogen (secondary N) is 1. The van der Waals surface area contributed by atoms with Gasteiger partial charge in [-0.15, -0.1) is 10.2 Å². The number of aromatic nitrogens is 2. The highest BCUT2D eigenvalue weighted by molar-refractivity contribution is 7.14. The topological polar surface area (TPSA) is 78.4 Å². The van der Waals surface area contributed by atoms with E-state index in [9.17, 15) is 9.90 Å². The Labute approximate surface area is 139 Å². The van der Waals surface area contributed by atoms with E-state index in [-0.39, 0.29) is 18.6 Å². The first-order chi connectivity index (χ1) is 11.3. The molecule has 2 aromatic rings. The van der Waals surface area contributed by atoms with E-state index in [1.807, 2.05) is 30.3 Å². The van der Waals surface area contributed by atoms with Gasteiger partial charge >= 0.3 is 6.03 Å². The lowest BCUT2D eigenvalue weighted by Crippen LogP contribution is -2.45. The highest BCUT2D eigenvalue weighted by Crippen LogP contribution is 2.23. The minimum atomic E-state index is -0.0976. The maximum absolute atomic E-state index is 12.2. The number of likely N-dealkylation sites (tertiary alicyclic amines) is 1. The van der Waals surface area contributed by atoms with Gasteiger partial charge in [-0.05, 0) is 18.8 Å². The van der Waals surface area contributed by atoms with Crippen LogP contribution in [0.3, 0.4) is 0 Å². The van der Waals surface area contributed by atoms with Crippen molar-refractivity contribution in [3.8, 4) is 10.6 Å². The fraction of sp³-hybridized carbons (Fsp3) is 0.438. The number of piperidine rings is 1. The van der Waals surface area contributed by atoms with Crippen molar-refractivity contribution in [1.29, 1.82) is 0 Å². The molecule has 1 fully saturated rings. The molecule has 2 amide bonds. The van der Waals surface area contributed by atoms with Gasteiger partial charge in [-0.2, -0.15) is 0 Å². The summed E-state index contributed by atoms with van der Waals surface area (Å²) in [6.45, 7) is 1.88. The van der Waals surface area contributed by atoms with Crippen molar-refractivity contribution < 1.29 is 9.90 Å². The summed E-state index contributed by atoms with van der Waals surface area (Å²) < 4.78 is 0. The van der Waals surface area contributed by atoms with Crippen molar-refractivity contribution in [3.63, 3.8) is 0 Å². The summed E-state index contributed by atoms with van der Waals surface area (Å²) in [5, 5.41) is 22.1. The Morgan fingerprint density at radius 3 is 2.96 bits per heavy atom. The van der Waals surface area contributed by atoms with Crippen LogP contribution in [0.25, 0.3) is 10.6 Å². The number of carbonyl (C=O) groups is 1. The zero-order valence-corrected chi connectivity index (χ0v) is 13.6. The van der Waals surface area contributed by atoms with Gasteiger partial charge in [-0.25, -0.2) is 4.79 Å². The summed E-state index contributed by atoms with van der Waals surface area (Å²) in [6.07, 6.45) is 1.92. The van der Waals surface area contributed by atoms with Crippen LogP contribution < -0.4 is 5.32 Å². The molecule has 2 heterocycles. The van der Waals surface area contributed by atoms with Crippen molar-refractivity contribution in [2.45, 2.75) is 19.4 Å². The van der Waals surface area contributed by atoms with Gasteiger partial charge in [0.2, 0.25) is 0 Å². The number of aliphatic hydroxyl groups excluding tert-OH is 1. The molecule has 2 N–H and O–H groups in total. The van der Waals surface area contributed by atoms with Gasteiger partial charge in [0, 0.05) is 25.3 Å². The molecule has 0 aliphatic carbocycles. The Bertz CT molecular complexity index is 647. The zero-order valence-electron chi connectivity index (χ0n) is 12.8. The van der Waals surface area contributed by atoms with Crippen molar-refractivity contribution >= 4 is 17.4 Å². The molecule has 0 spiro atoms. The molecule has 23 heavy (non-hydrogen) atoms. The first-order valence-electron chi connectivity index (χ1n) is 7.77. The number of aliphatic hydroxyl groups is 1. The number of rotatable bonds is 4. The van der Waals surface area contributed by atoms with E-state index in [1.165, 1.54) is 11.3 Å². The summed E-state index contributed by atoms with van der Waals surface area (Å²) >= 11 is 1.48. The summed E-state index contributed by atoms with van der Waals surface area (Å²) in [5.74, 6) is 0.195. The fourth-order valence-corrected chi connectivity index (χ4v) is 3.47. The number of amides is 2. The van der Waals surface area contributed by atoms with Crippen LogP contribution in [0.15, 0.2) is 30.3 Å². The zero-order chi connectivity index (χ0) is 16.1. The minimum absolute atomic E-state index is 0.0976. The Balaban J connectivity index is 1.54. The Kier molecular flexibility index (Phi) is 5.19. The van der Waals surface area contributed by atoms with Gasteiger partial charge in [0.05, 0.1) is 6.54 Å². The molecule has 1 aliphatic heterocycles. The standard InChI is InChI=1S/C16H20N4O2S/c21-11-12-5-4-8-20(10-12)16(22)17-9-14-18-19-15(23-14)13-6-2-1-3-7-13/h1-3,6-7,12,21H,4-5,8-11H2,(H,17,22)/t12-/m0/s1. The molecule has 1 aromatic carbocycles. The van der Waals surface area contributed by atoms with Crippen molar-refractivity contribution in [3.05, 3.63) is 35.3 Å². The lowest BCUT2D eigenvalue weighted by Gasteiger charge is -2.31. The quantitative estimate of drug-likeness (QED) is 0.899. The summed E-state index contributed by atoms with van der Waals surface area (Å²) in [6, 6.07) is 9.78. The average Bonchev–Trinajstić information content (AvgIpc) is 3.09. The molecule has 1 saturated heterocycles. The second kappa shape index (κ2) is 7.52. The second-order valence-corrected chi connectivity index (χ2v) is 6.72. The molecule has 7 heteroatoms. The molecule has 1 aromatic heterocycles. The molecular weight excluding hydrogens is 312 g/mol. The third kappa shape index (κ3) is 4.05. The van der Waals surface area contributed by atoms with Crippen LogP contribution in [0.2, 0.25) is 0 Å². The lowest BCUT2D eigenvalue weighted by atomic mass is 9.99. The van der Waals surface area contributed by atoms with E-state index in [4.69, 9.17) is 0 Å². The average molecular weight is 332 g/mol. The molecular formula is C16H20N4O2S. The number of hydrogen-bond donors (Lipinski definition) is 2. The molecule has 1 atom stereocenters. The monoisotopic (exact) mass is 332 g/mol. The molecule has 122 valence electrons. The smallest absolute Gasteiger partial charge is 0.317 e. The van der Waals surface area contributed by atoms with Crippen LogP contribution in [-0.4, -0.2) is 45.9 Å². The fourth-order valence-electron chi connectivity index (χ4n) is 2.68. The molecule has 0 saturated carbocycles. The third-order valence-corrected chi connectivity index (χ3v) is 4.92. The van der Waals surface area contributed by atoms with Crippen molar-refractivity contribution in [2.75, 3.05) is 19.7 Å². The molecule has 0 bridgehead atoms. The van der Waals surface area contributed by atoms with Crippen LogP contribution in [0.1, 0.15) is 17.8 Å². The Hall–Kier alpha value is -1.99. The van der Waals surface area contributed by atoms with Crippen molar-refractivity contribution in [2.24, 2.45) is 5.92 Å². The summed E-state index contributed by atoms with van der Waals surface area (Å²) in [7, 11) is 0. The number of hydrogen-bond acceptors (Lipinski definition) is 5. The minimum Gasteiger partial charge on any atom is -0.396 e. The van der Waals surface area contributed by atoms with Crippen LogP contribution in [0.5, 0.6) is 0 Å². The van der Waals surface area contributed by atoms with E-state index in [1.54, 1.807) is 4.90 Å². The van der Waals surface area contributed by atoms with E-state index in [0.717, 1.165) is 35.0 Å². The van der Waals surface area contributed by atoms with Crippen LogP contribution in [0.4, 0.5) is 4.79 Å². The summed E-state index contributed by atoms with van der Waals surface area (Å²) in [4.78, 5) is 14.0. The van der Waals surface area contributed by atoms with Gasteiger partial charge in [0.25, 0.3) is 0 Å². The number of benzene rings is 1. The third-order valence-electron chi connectivity index (χ3n) is 3.94. The second-order valence-electron chi connectivity index (χ2n) is 5.66. The van der Waals surface area contributed by atoms with Gasteiger partial charge in [-0.1, -0.05) is 41.7 Å². The van der Waals surface area contributed by atoms with E-state index >= 15 is 0 Å². The molecule has 6 nitrogen and oxygen atoms in total. The van der Waals surface area contributed by atoms with Gasteiger partial charge in [0.1, 0.15) is 10.0 Å². The van der Waals surface area contributed by atoms with Crippen molar-refractivity contribution in [1.82, 2.24) is 20.4 Å². The van der Waals surface area contributed by atoms with Crippen LogP contribution >= 0.6 is 11.3 Å². The van der Waals surface area contributed by atoms with E-state index < -0.39 is 0 Å².